The molecule has 3 heterocycles. The Morgan fingerprint density at radius 3 is 1.65 bits per heavy atom. The van der Waals surface area contributed by atoms with Crippen LogP contribution in [0.5, 0.6) is 0 Å². The van der Waals surface area contributed by atoms with Crippen LogP contribution in [0.1, 0.15) is 5.56 Å². The minimum absolute atomic E-state index is 0.554. The van der Waals surface area contributed by atoms with Gasteiger partial charge >= 0.3 is 0 Å². The van der Waals surface area contributed by atoms with Gasteiger partial charge in [-0.3, -0.25) is 0 Å². The van der Waals surface area contributed by atoms with E-state index in [1.165, 1.54) is 16.7 Å². The number of aryl methyl sites for hydroxylation is 1. The number of hydrogen-bond acceptors (Lipinski definition) is 5. The van der Waals surface area contributed by atoms with Crippen molar-refractivity contribution in [2.24, 2.45) is 0 Å². The first-order chi connectivity index (χ1) is 28.1. The molecule has 0 aliphatic carbocycles. The quantitative estimate of drug-likeness (QED) is 0.170. The number of benzene rings is 8. The Morgan fingerprint density at radius 1 is 0.316 bits per heavy atom. The minimum atomic E-state index is 0.554. The second kappa shape index (κ2) is 13.3. The van der Waals surface area contributed by atoms with Gasteiger partial charge in [0.15, 0.2) is 17.5 Å². The zero-order chi connectivity index (χ0) is 37.9. The average Bonchev–Trinajstić information content (AvgIpc) is 3.85. The van der Waals surface area contributed by atoms with E-state index in [1.54, 1.807) is 0 Å². The highest BCUT2D eigenvalue weighted by Crippen LogP contribution is 2.41. The van der Waals surface area contributed by atoms with Crippen molar-refractivity contribution in [2.75, 3.05) is 0 Å². The minimum Gasteiger partial charge on any atom is -0.456 e. The Kier molecular flexibility index (Phi) is 7.64. The van der Waals surface area contributed by atoms with Crippen molar-refractivity contribution in [3.05, 3.63) is 188 Å². The van der Waals surface area contributed by atoms with Crippen LogP contribution in [0.15, 0.2) is 191 Å². The summed E-state index contributed by atoms with van der Waals surface area (Å²) < 4.78 is 12.9. The van der Waals surface area contributed by atoms with E-state index in [0.717, 1.165) is 82.8 Å². The fourth-order valence-corrected chi connectivity index (χ4v) is 8.13. The smallest absolute Gasteiger partial charge is 0.164 e. The van der Waals surface area contributed by atoms with Crippen LogP contribution in [0.4, 0.5) is 0 Å². The maximum Gasteiger partial charge on any atom is 0.164 e. The Hall–Kier alpha value is -7.63. The first-order valence-corrected chi connectivity index (χ1v) is 19.1. The highest BCUT2D eigenvalue weighted by Gasteiger charge is 2.20. The molecular formula is C52H33N3O2. The molecule has 0 aliphatic rings. The summed E-state index contributed by atoms with van der Waals surface area (Å²) >= 11 is 0. The second-order valence-corrected chi connectivity index (χ2v) is 14.4. The van der Waals surface area contributed by atoms with Gasteiger partial charge in [0, 0.05) is 38.2 Å². The van der Waals surface area contributed by atoms with Gasteiger partial charge < -0.3 is 8.83 Å². The lowest BCUT2D eigenvalue weighted by molar-refractivity contribution is 0.668. The lowest BCUT2D eigenvalue weighted by Gasteiger charge is -2.13. The van der Waals surface area contributed by atoms with E-state index in [-0.39, 0.29) is 0 Å². The van der Waals surface area contributed by atoms with Gasteiger partial charge in [0.25, 0.3) is 0 Å². The van der Waals surface area contributed by atoms with Gasteiger partial charge in [-0.25, -0.2) is 15.0 Å². The molecule has 0 unspecified atom stereocenters. The van der Waals surface area contributed by atoms with Crippen LogP contribution in [0.3, 0.4) is 0 Å². The highest BCUT2D eigenvalue weighted by atomic mass is 16.3. The van der Waals surface area contributed by atoms with E-state index in [9.17, 15) is 0 Å². The summed E-state index contributed by atoms with van der Waals surface area (Å²) in [4.78, 5) is 15.6. The average molecular weight is 732 g/mol. The molecule has 268 valence electrons. The van der Waals surface area contributed by atoms with E-state index in [4.69, 9.17) is 23.8 Å². The Bertz CT molecular complexity index is 3310. The van der Waals surface area contributed by atoms with Gasteiger partial charge in [-0.2, -0.15) is 0 Å². The van der Waals surface area contributed by atoms with Crippen LogP contribution in [-0.2, 0) is 0 Å². The van der Waals surface area contributed by atoms with Gasteiger partial charge in [-0.1, -0.05) is 157 Å². The molecule has 11 rings (SSSR count). The van der Waals surface area contributed by atoms with Crippen LogP contribution in [0, 0.1) is 6.92 Å². The number of nitrogens with zero attached hydrogens (tertiary/aromatic N) is 3. The summed E-state index contributed by atoms with van der Waals surface area (Å²) in [5, 5.41) is 4.10. The van der Waals surface area contributed by atoms with Crippen molar-refractivity contribution in [3.63, 3.8) is 0 Å². The monoisotopic (exact) mass is 731 g/mol. The molecule has 0 radical (unpaired) electrons. The molecular weight excluding hydrogens is 699 g/mol. The summed E-state index contributed by atoms with van der Waals surface area (Å²) in [6, 6.07) is 62.8. The van der Waals surface area contributed by atoms with E-state index < -0.39 is 0 Å². The summed E-state index contributed by atoms with van der Waals surface area (Å²) in [7, 11) is 0. The van der Waals surface area contributed by atoms with Crippen molar-refractivity contribution in [2.45, 2.75) is 6.92 Å². The fraction of sp³-hybridized carbons (Fsp3) is 0.0192. The lowest BCUT2D eigenvalue weighted by atomic mass is 9.96. The van der Waals surface area contributed by atoms with E-state index in [0.29, 0.717) is 17.5 Å². The molecule has 0 spiro atoms. The molecule has 0 atom stereocenters. The summed E-state index contributed by atoms with van der Waals surface area (Å²) in [6.07, 6.45) is 0. The molecule has 5 heteroatoms. The zero-order valence-electron chi connectivity index (χ0n) is 31.0. The van der Waals surface area contributed by atoms with Crippen molar-refractivity contribution in [1.82, 2.24) is 15.0 Å². The van der Waals surface area contributed by atoms with E-state index in [2.05, 4.69) is 140 Å². The largest absolute Gasteiger partial charge is 0.456 e. The second-order valence-electron chi connectivity index (χ2n) is 14.4. The molecule has 0 bridgehead atoms. The summed E-state index contributed by atoms with van der Waals surface area (Å²) in [5.74, 6) is 1.71. The lowest BCUT2D eigenvalue weighted by Crippen LogP contribution is -2.01. The molecule has 0 saturated carbocycles. The fourth-order valence-electron chi connectivity index (χ4n) is 8.13. The van der Waals surface area contributed by atoms with Gasteiger partial charge in [-0.05, 0) is 70.6 Å². The van der Waals surface area contributed by atoms with Gasteiger partial charge in [0.1, 0.15) is 22.3 Å². The van der Waals surface area contributed by atoms with Crippen LogP contribution in [0.25, 0.3) is 111 Å². The Labute approximate surface area is 328 Å². The molecule has 0 amide bonds. The number of rotatable bonds is 6. The molecule has 5 nitrogen and oxygen atoms in total. The molecule has 0 fully saturated rings. The summed E-state index contributed by atoms with van der Waals surface area (Å²) in [5.41, 5.74) is 13.8. The third-order valence-corrected chi connectivity index (χ3v) is 10.8. The number of hydrogen-bond donors (Lipinski definition) is 0. The van der Waals surface area contributed by atoms with Gasteiger partial charge in [0.2, 0.25) is 0 Å². The van der Waals surface area contributed by atoms with Crippen LogP contribution < -0.4 is 0 Å². The van der Waals surface area contributed by atoms with Crippen LogP contribution >= 0.6 is 0 Å². The number of para-hydroxylation sites is 1. The molecule has 0 saturated heterocycles. The number of fused-ring (bicyclic) bond motifs is 6. The van der Waals surface area contributed by atoms with E-state index >= 15 is 0 Å². The Balaban J connectivity index is 1.09. The maximum absolute atomic E-state index is 6.60. The topological polar surface area (TPSA) is 65.0 Å². The first kappa shape index (κ1) is 32.8. The number of furan rings is 2. The van der Waals surface area contributed by atoms with E-state index in [1.807, 2.05) is 48.5 Å². The first-order valence-electron chi connectivity index (χ1n) is 19.1. The van der Waals surface area contributed by atoms with Gasteiger partial charge in [0.05, 0.1) is 0 Å². The van der Waals surface area contributed by atoms with Crippen molar-refractivity contribution >= 4 is 43.9 Å². The third kappa shape index (κ3) is 5.68. The maximum atomic E-state index is 6.60. The standard InChI is InChI=1S/C52H33N3O2/c1-32-12-9-15-36(30-32)38-16-5-6-17-40(38)51-53-50(54-52(55-51)43-20-11-23-46-49(43)41-18-7-8-21-44(41)56-46)37-28-29-42-47(31-37)57-45-22-10-19-39(48(42)45)35-26-24-34(25-27-35)33-13-3-2-4-14-33/h2-31H,1H3. The predicted octanol–water partition coefficient (Wildman–Crippen LogP) is 14.0. The molecule has 0 aliphatic heterocycles. The van der Waals surface area contributed by atoms with Crippen molar-refractivity contribution < 1.29 is 8.83 Å². The zero-order valence-corrected chi connectivity index (χ0v) is 31.0. The molecule has 57 heavy (non-hydrogen) atoms. The Morgan fingerprint density at radius 2 is 0.842 bits per heavy atom. The molecule has 3 aromatic heterocycles. The van der Waals surface area contributed by atoms with Crippen molar-refractivity contribution in [1.29, 1.82) is 0 Å². The molecule has 8 aromatic carbocycles. The normalized spacial score (nSPS) is 11.6. The third-order valence-electron chi connectivity index (χ3n) is 10.8. The molecule has 11 aromatic rings. The van der Waals surface area contributed by atoms with Crippen LogP contribution in [0.2, 0.25) is 0 Å². The molecule has 0 N–H and O–H groups in total. The highest BCUT2D eigenvalue weighted by molar-refractivity contribution is 6.13. The van der Waals surface area contributed by atoms with Crippen molar-refractivity contribution in [3.8, 4) is 67.5 Å². The van der Waals surface area contributed by atoms with Crippen LogP contribution in [-0.4, -0.2) is 15.0 Å². The SMILES string of the molecule is Cc1cccc(-c2ccccc2-c2nc(-c3ccc4c(c3)oc3cccc(-c5ccc(-c6ccccc6)cc5)c34)nc(-c3cccc4oc5ccccc5c34)n2)c1. The van der Waals surface area contributed by atoms with Gasteiger partial charge in [-0.15, -0.1) is 0 Å². The number of aromatic nitrogens is 3. The predicted molar refractivity (Wildman–Crippen MR) is 232 cm³/mol. The summed E-state index contributed by atoms with van der Waals surface area (Å²) in [6.45, 7) is 2.11.